The van der Waals surface area contributed by atoms with Crippen LogP contribution in [0, 0.1) is 6.92 Å². The molecule has 0 bridgehead atoms. The smallest absolute Gasteiger partial charge is 0.193 e. The highest BCUT2D eigenvalue weighted by atomic mass is 16.5. The molecule has 0 aromatic heterocycles. The zero-order valence-electron chi connectivity index (χ0n) is 18.2. The van der Waals surface area contributed by atoms with E-state index in [2.05, 4.69) is 0 Å². The lowest BCUT2D eigenvalue weighted by Gasteiger charge is -2.07. The van der Waals surface area contributed by atoms with Gasteiger partial charge in [0.05, 0.1) is 7.11 Å². The summed E-state index contributed by atoms with van der Waals surface area (Å²) in [5, 5.41) is 0. The van der Waals surface area contributed by atoms with Gasteiger partial charge in [0, 0.05) is 22.3 Å². The third kappa shape index (κ3) is 4.84. The summed E-state index contributed by atoms with van der Waals surface area (Å²) in [5.41, 5.74) is 6.01. The molecule has 158 valence electrons. The average Bonchev–Trinajstić information content (AvgIpc) is 2.85. The van der Waals surface area contributed by atoms with E-state index in [4.69, 9.17) is 4.74 Å². The molecule has 32 heavy (non-hydrogen) atoms. The normalized spacial score (nSPS) is 10.6. The minimum Gasteiger partial charge on any atom is -0.497 e. The van der Waals surface area contributed by atoms with Crippen LogP contribution in [0.3, 0.4) is 0 Å². The van der Waals surface area contributed by atoms with Gasteiger partial charge in [-0.3, -0.25) is 9.59 Å². The first-order valence-corrected chi connectivity index (χ1v) is 10.5. The number of rotatable bonds is 7. The third-order valence-electron chi connectivity index (χ3n) is 5.51. The summed E-state index contributed by atoms with van der Waals surface area (Å²) in [6.07, 6.45) is 0.732. The minimum atomic E-state index is -0.0156. The molecular weight excluding hydrogens is 396 g/mol. The average molecular weight is 421 g/mol. The fourth-order valence-electron chi connectivity index (χ4n) is 3.56. The molecule has 0 atom stereocenters. The molecule has 0 saturated heterocycles. The van der Waals surface area contributed by atoms with Crippen molar-refractivity contribution in [2.24, 2.45) is 0 Å². The van der Waals surface area contributed by atoms with Gasteiger partial charge in [0.15, 0.2) is 11.6 Å². The van der Waals surface area contributed by atoms with Gasteiger partial charge in [-0.2, -0.15) is 0 Å². The Labute approximate surface area is 188 Å². The highest BCUT2D eigenvalue weighted by molar-refractivity contribution is 6.09. The van der Waals surface area contributed by atoms with Crippen molar-refractivity contribution < 1.29 is 14.3 Å². The van der Waals surface area contributed by atoms with Crippen molar-refractivity contribution in [3.05, 3.63) is 136 Å². The highest BCUT2D eigenvalue weighted by Gasteiger charge is 2.11. The maximum atomic E-state index is 12.7. The van der Waals surface area contributed by atoms with Gasteiger partial charge in [-0.05, 0) is 48.7 Å². The van der Waals surface area contributed by atoms with Crippen molar-refractivity contribution in [1.29, 1.82) is 0 Å². The van der Waals surface area contributed by atoms with Crippen LogP contribution >= 0.6 is 0 Å². The number of benzene rings is 4. The number of hydrogen-bond donors (Lipinski definition) is 0. The quantitative estimate of drug-likeness (QED) is 0.342. The van der Waals surface area contributed by atoms with E-state index in [1.165, 1.54) is 0 Å². The zero-order chi connectivity index (χ0) is 22.5. The Morgan fingerprint density at radius 1 is 0.562 bits per heavy atom. The second kappa shape index (κ2) is 9.44. The number of ketones is 2. The second-order valence-electron chi connectivity index (χ2n) is 7.82. The fourth-order valence-corrected chi connectivity index (χ4v) is 3.56. The van der Waals surface area contributed by atoms with Crippen LogP contribution in [-0.4, -0.2) is 18.7 Å². The minimum absolute atomic E-state index is 0.0156. The number of ether oxygens (including phenoxy) is 1. The predicted octanol–water partition coefficient (Wildman–Crippen LogP) is 6.06. The molecule has 0 aliphatic rings. The van der Waals surface area contributed by atoms with Crippen LogP contribution in [0.2, 0.25) is 0 Å². The molecule has 3 heteroatoms. The molecule has 4 aromatic rings. The van der Waals surface area contributed by atoms with Gasteiger partial charge in [0.2, 0.25) is 0 Å². The van der Waals surface area contributed by atoms with Crippen molar-refractivity contribution in [3.63, 3.8) is 0 Å². The highest BCUT2D eigenvalue weighted by Crippen LogP contribution is 2.18. The summed E-state index contributed by atoms with van der Waals surface area (Å²) in [6, 6.07) is 30.1. The van der Waals surface area contributed by atoms with Crippen molar-refractivity contribution in [3.8, 4) is 5.75 Å². The number of hydrogen-bond acceptors (Lipinski definition) is 3. The maximum absolute atomic E-state index is 12.7. The number of carbonyl (C=O) groups is 2. The van der Waals surface area contributed by atoms with Gasteiger partial charge in [-0.1, -0.05) is 78.4 Å². The van der Waals surface area contributed by atoms with E-state index < -0.39 is 0 Å². The first kappa shape index (κ1) is 21.3. The molecule has 0 heterocycles. The van der Waals surface area contributed by atoms with E-state index in [0.29, 0.717) is 22.3 Å². The number of methoxy groups -OCH3 is 1. The lowest BCUT2D eigenvalue weighted by atomic mass is 9.97. The fraction of sp³-hybridized carbons (Fsp3) is 0.103. The molecule has 0 fully saturated rings. The molecular formula is C29H24O3. The van der Waals surface area contributed by atoms with Crippen LogP contribution in [0.25, 0.3) is 0 Å². The van der Waals surface area contributed by atoms with Crippen LogP contribution in [0.5, 0.6) is 5.75 Å². The molecule has 0 radical (unpaired) electrons. The van der Waals surface area contributed by atoms with E-state index in [1.807, 2.05) is 79.7 Å². The third-order valence-corrected chi connectivity index (χ3v) is 5.51. The van der Waals surface area contributed by atoms with Crippen molar-refractivity contribution in [1.82, 2.24) is 0 Å². The van der Waals surface area contributed by atoms with Crippen molar-refractivity contribution >= 4 is 11.6 Å². The largest absolute Gasteiger partial charge is 0.497 e. The molecule has 0 spiro atoms. The molecule has 0 unspecified atom stereocenters. The summed E-state index contributed by atoms with van der Waals surface area (Å²) in [5.74, 6) is 0.736. The van der Waals surface area contributed by atoms with Crippen molar-refractivity contribution in [2.75, 3.05) is 7.11 Å². The van der Waals surface area contributed by atoms with E-state index in [-0.39, 0.29) is 11.6 Å². The molecule has 0 amide bonds. The number of carbonyl (C=O) groups excluding carboxylic acids is 2. The summed E-state index contributed by atoms with van der Waals surface area (Å²) >= 11 is 0. The molecule has 0 N–H and O–H groups in total. The Balaban J connectivity index is 1.42. The summed E-state index contributed by atoms with van der Waals surface area (Å²) in [7, 11) is 1.60. The molecule has 0 aliphatic heterocycles. The Bertz CT molecular complexity index is 1220. The summed E-state index contributed by atoms with van der Waals surface area (Å²) in [6.45, 7) is 2.00. The van der Waals surface area contributed by atoms with E-state index >= 15 is 0 Å². The SMILES string of the molecule is COc1ccc(C(=O)c2ccc(Cc3ccc(C(=O)c4ccc(C)cc4)cc3)cc2)cc1. The molecule has 0 aliphatic carbocycles. The number of aryl methyl sites for hydroxylation is 1. The van der Waals surface area contributed by atoms with Gasteiger partial charge in [-0.25, -0.2) is 0 Å². The standard InChI is InChI=1S/C29H24O3/c1-20-3-9-23(10-4-20)28(30)24-11-5-21(6-12-24)19-22-7-13-25(14-8-22)29(31)26-15-17-27(32-2)18-16-26/h3-18H,19H2,1-2H3. The predicted molar refractivity (Wildman–Crippen MR) is 127 cm³/mol. The Morgan fingerprint density at radius 2 is 0.906 bits per heavy atom. The van der Waals surface area contributed by atoms with Crippen LogP contribution in [0.4, 0.5) is 0 Å². The monoisotopic (exact) mass is 420 g/mol. The first-order valence-electron chi connectivity index (χ1n) is 10.5. The van der Waals surface area contributed by atoms with Gasteiger partial charge in [0.1, 0.15) is 5.75 Å². The maximum Gasteiger partial charge on any atom is 0.193 e. The van der Waals surface area contributed by atoms with E-state index in [9.17, 15) is 9.59 Å². The second-order valence-corrected chi connectivity index (χ2v) is 7.82. The topological polar surface area (TPSA) is 43.4 Å². The van der Waals surface area contributed by atoms with Gasteiger partial charge in [0.25, 0.3) is 0 Å². The molecule has 3 nitrogen and oxygen atoms in total. The van der Waals surface area contributed by atoms with E-state index in [1.54, 1.807) is 31.4 Å². The summed E-state index contributed by atoms with van der Waals surface area (Å²) in [4.78, 5) is 25.3. The first-order chi connectivity index (χ1) is 15.5. The van der Waals surface area contributed by atoms with Crippen LogP contribution in [0.15, 0.2) is 97.1 Å². The van der Waals surface area contributed by atoms with Crippen LogP contribution < -0.4 is 4.74 Å². The Hall–Kier alpha value is -3.98. The molecule has 0 saturated carbocycles. The lowest BCUT2D eigenvalue weighted by molar-refractivity contribution is 0.103. The molecule has 4 rings (SSSR count). The molecule has 4 aromatic carbocycles. The van der Waals surface area contributed by atoms with Crippen LogP contribution in [-0.2, 0) is 6.42 Å². The van der Waals surface area contributed by atoms with Gasteiger partial charge in [-0.15, -0.1) is 0 Å². The zero-order valence-corrected chi connectivity index (χ0v) is 18.2. The van der Waals surface area contributed by atoms with E-state index in [0.717, 1.165) is 28.9 Å². The van der Waals surface area contributed by atoms with Crippen LogP contribution in [0.1, 0.15) is 48.5 Å². The lowest BCUT2D eigenvalue weighted by Crippen LogP contribution is -2.02. The van der Waals surface area contributed by atoms with Gasteiger partial charge >= 0.3 is 0 Å². The van der Waals surface area contributed by atoms with Crippen molar-refractivity contribution in [2.45, 2.75) is 13.3 Å². The Morgan fingerprint density at radius 3 is 1.28 bits per heavy atom. The summed E-state index contributed by atoms with van der Waals surface area (Å²) < 4.78 is 5.14. The van der Waals surface area contributed by atoms with Gasteiger partial charge < -0.3 is 4.74 Å². The Kier molecular flexibility index (Phi) is 6.27.